The Hall–Kier alpha value is -0.580. The van der Waals surface area contributed by atoms with Crippen LogP contribution in [-0.2, 0) is 14.6 Å². The molecule has 0 aromatic carbocycles. The van der Waals surface area contributed by atoms with Crippen LogP contribution in [0.15, 0.2) is 0 Å². The largest absolute Gasteiger partial charge is 0.480 e. The van der Waals surface area contributed by atoms with Crippen LogP contribution in [0, 0.1) is 5.41 Å². The molecule has 0 saturated carbocycles. The van der Waals surface area contributed by atoms with Gasteiger partial charge in [0.05, 0.1) is 5.75 Å². The van der Waals surface area contributed by atoms with Gasteiger partial charge in [-0.2, -0.15) is 0 Å². The van der Waals surface area contributed by atoms with E-state index in [0.717, 1.165) is 19.3 Å². The lowest BCUT2D eigenvalue weighted by molar-refractivity contribution is -0.136. The van der Waals surface area contributed by atoms with Crippen LogP contribution in [0.25, 0.3) is 0 Å². The monoisotopic (exact) mass is 264 g/mol. The molecule has 0 spiro atoms. The minimum Gasteiger partial charge on any atom is -0.480 e. The molecule has 0 heterocycles. The van der Waals surface area contributed by atoms with Crippen molar-refractivity contribution in [1.82, 2.24) is 0 Å². The molecule has 1 N–H and O–H groups in total. The second-order valence-corrected chi connectivity index (χ2v) is 8.16. The molecule has 102 valence electrons. The predicted molar refractivity (Wildman–Crippen MR) is 68.8 cm³/mol. The smallest absolute Gasteiger partial charge is 0.321 e. The number of rotatable bonds is 7. The quantitative estimate of drug-likeness (QED) is 0.717. The van der Waals surface area contributed by atoms with Crippen LogP contribution < -0.4 is 0 Å². The Balaban J connectivity index is 3.94. The molecule has 17 heavy (non-hydrogen) atoms. The first-order valence-electron chi connectivity index (χ1n) is 6.01. The standard InChI is InChI=1S/C12H24O4S/c1-10(11(13)14)17(15,16)9-7-5-6-8-12(2,3)4/h10H,5-9H2,1-4H3,(H,13,14). The van der Waals surface area contributed by atoms with E-state index in [1.807, 2.05) is 0 Å². The van der Waals surface area contributed by atoms with Gasteiger partial charge in [-0.05, 0) is 25.2 Å². The molecule has 0 aliphatic heterocycles. The molecule has 0 saturated heterocycles. The van der Waals surface area contributed by atoms with Crippen LogP contribution in [0.2, 0.25) is 0 Å². The van der Waals surface area contributed by atoms with Crippen molar-refractivity contribution in [3.63, 3.8) is 0 Å². The maximum Gasteiger partial charge on any atom is 0.321 e. The molecular weight excluding hydrogens is 240 g/mol. The summed E-state index contributed by atoms with van der Waals surface area (Å²) in [6.07, 6.45) is 3.43. The molecule has 0 radical (unpaired) electrons. The molecule has 5 heteroatoms. The molecule has 0 amide bonds. The van der Waals surface area contributed by atoms with Crippen molar-refractivity contribution < 1.29 is 18.3 Å². The number of hydrogen-bond donors (Lipinski definition) is 1. The molecule has 0 fully saturated rings. The maximum atomic E-state index is 11.6. The van der Waals surface area contributed by atoms with E-state index in [1.54, 1.807) is 0 Å². The molecule has 1 atom stereocenters. The highest BCUT2D eigenvalue weighted by Crippen LogP contribution is 2.22. The van der Waals surface area contributed by atoms with Gasteiger partial charge in [-0.1, -0.05) is 33.6 Å². The average Bonchev–Trinajstić information content (AvgIpc) is 2.13. The van der Waals surface area contributed by atoms with Crippen molar-refractivity contribution in [2.75, 3.05) is 5.75 Å². The first-order valence-corrected chi connectivity index (χ1v) is 7.72. The van der Waals surface area contributed by atoms with E-state index in [0.29, 0.717) is 6.42 Å². The summed E-state index contributed by atoms with van der Waals surface area (Å²) >= 11 is 0. The molecule has 0 bridgehead atoms. The molecule has 4 nitrogen and oxygen atoms in total. The van der Waals surface area contributed by atoms with Crippen LogP contribution in [0.1, 0.15) is 53.4 Å². The highest BCUT2D eigenvalue weighted by atomic mass is 32.2. The van der Waals surface area contributed by atoms with Gasteiger partial charge in [0.25, 0.3) is 0 Å². The summed E-state index contributed by atoms with van der Waals surface area (Å²) in [7, 11) is -3.48. The SMILES string of the molecule is CC(C(=O)O)S(=O)(=O)CCCCCC(C)(C)C. The highest BCUT2D eigenvalue weighted by molar-refractivity contribution is 7.92. The Bertz CT molecular complexity index is 338. The first-order chi connectivity index (χ1) is 7.56. The predicted octanol–water partition coefficient (Wildman–Crippen LogP) is 2.48. The Morgan fingerprint density at radius 2 is 1.71 bits per heavy atom. The molecule has 1 unspecified atom stereocenters. The Morgan fingerprint density at radius 1 is 1.18 bits per heavy atom. The number of carbonyl (C=O) groups is 1. The highest BCUT2D eigenvalue weighted by Gasteiger charge is 2.26. The fraction of sp³-hybridized carbons (Fsp3) is 0.917. The van der Waals surface area contributed by atoms with Gasteiger partial charge in [0, 0.05) is 0 Å². The molecule has 0 rings (SSSR count). The van der Waals surface area contributed by atoms with Crippen LogP contribution in [0.5, 0.6) is 0 Å². The topological polar surface area (TPSA) is 71.4 Å². The minimum atomic E-state index is -3.48. The van der Waals surface area contributed by atoms with Crippen molar-refractivity contribution in [2.24, 2.45) is 5.41 Å². The Labute approximate surface area is 104 Å². The summed E-state index contributed by atoms with van der Waals surface area (Å²) in [4.78, 5) is 10.6. The third kappa shape index (κ3) is 7.36. The number of carboxylic acids is 1. The van der Waals surface area contributed by atoms with E-state index in [2.05, 4.69) is 20.8 Å². The number of carboxylic acid groups (broad SMARTS) is 1. The zero-order valence-corrected chi connectivity index (χ0v) is 12.0. The molecular formula is C12H24O4S. The van der Waals surface area contributed by atoms with Crippen LogP contribution in [0.3, 0.4) is 0 Å². The summed E-state index contributed by atoms with van der Waals surface area (Å²) in [6.45, 7) is 7.68. The van der Waals surface area contributed by atoms with E-state index in [4.69, 9.17) is 5.11 Å². The lowest BCUT2D eigenvalue weighted by atomic mass is 9.90. The average molecular weight is 264 g/mol. The first kappa shape index (κ1) is 16.4. The van der Waals surface area contributed by atoms with E-state index >= 15 is 0 Å². The number of hydrogen-bond acceptors (Lipinski definition) is 3. The van der Waals surface area contributed by atoms with E-state index in [-0.39, 0.29) is 11.2 Å². The van der Waals surface area contributed by atoms with E-state index in [1.165, 1.54) is 6.92 Å². The summed E-state index contributed by atoms with van der Waals surface area (Å²) in [5.74, 6) is -1.29. The molecule has 0 aromatic rings. The number of unbranched alkanes of at least 4 members (excludes halogenated alkanes) is 2. The summed E-state index contributed by atoms with van der Waals surface area (Å²) in [5, 5.41) is 7.36. The molecule has 0 aliphatic carbocycles. The summed E-state index contributed by atoms with van der Waals surface area (Å²) in [5.41, 5.74) is 0.271. The number of aliphatic carboxylic acids is 1. The zero-order chi connectivity index (χ0) is 13.7. The van der Waals surface area contributed by atoms with Crippen molar-refractivity contribution in [3.05, 3.63) is 0 Å². The van der Waals surface area contributed by atoms with Crippen LogP contribution in [-0.4, -0.2) is 30.5 Å². The van der Waals surface area contributed by atoms with Gasteiger partial charge in [0.15, 0.2) is 15.1 Å². The zero-order valence-electron chi connectivity index (χ0n) is 11.2. The third-order valence-electron chi connectivity index (χ3n) is 2.74. The normalized spacial score (nSPS) is 14.6. The fourth-order valence-electron chi connectivity index (χ4n) is 1.47. The summed E-state index contributed by atoms with van der Waals surface area (Å²) in [6, 6.07) is 0. The van der Waals surface area contributed by atoms with Crippen LogP contribution >= 0.6 is 0 Å². The lowest BCUT2D eigenvalue weighted by Crippen LogP contribution is -2.29. The number of sulfone groups is 1. The van der Waals surface area contributed by atoms with Crippen molar-refractivity contribution in [3.8, 4) is 0 Å². The van der Waals surface area contributed by atoms with E-state index in [9.17, 15) is 13.2 Å². The van der Waals surface area contributed by atoms with Crippen molar-refractivity contribution in [2.45, 2.75) is 58.6 Å². The van der Waals surface area contributed by atoms with Gasteiger partial charge in [-0.15, -0.1) is 0 Å². The van der Waals surface area contributed by atoms with Gasteiger partial charge in [-0.25, -0.2) is 8.42 Å². The second kappa shape index (κ2) is 6.38. The third-order valence-corrected chi connectivity index (χ3v) is 4.88. The fourth-order valence-corrected chi connectivity index (χ4v) is 2.73. The lowest BCUT2D eigenvalue weighted by Gasteiger charge is -2.17. The minimum absolute atomic E-state index is 0.0232. The molecule has 0 aromatic heterocycles. The van der Waals surface area contributed by atoms with Gasteiger partial charge in [0.2, 0.25) is 0 Å². The van der Waals surface area contributed by atoms with Gasteiger partial charge in [0.1, 0.15) is 0 Å². The van der Waals surface area contributed by atoms with Crippen molar-refractivity contribution in [1.29, 1.82) is 0 Å². The van der Waals surface area contributed by atoms with Crippen molar-refractivity contribution >= 4 is 15.8 Å². The maximum absolute atomic E-state index is 11.6. The summed E-state index contributed by atoms with van der Waals surface area (Å²) < 4.78 is 23.1. The van der Waals surface area contributed by atoms with Gasteiger partial charge < -0.3 is 5.11 Å². The molecule has 0 aliphatic rings. The van der Waals surface area contributed by atoms with Gasteiger partial charge >= 0.3 is 5.97 Å². The second-order valence-electron chi connectivity index (χ2n) is 5.72. The Morgan fingerprint density at radius 3 is 2.12 bits per heavy atom. The Kier molecular flexibility index (Phi) is 6.16. The van der Waals surface area contributed by atoms with Crippen LogP contribution in [0.4, 0.5) is 0 Å². The van der Waals surface area contributed by atoms with Gasteiger partial charge in [-0.3, -0.25) is 4.79 Å². The van der Waals surface area contributed by atoms with E-state index < -0.39 is 21.1 Å².